The number of rotatable bonds is 13. The van der Waals surface area contributed by atoms with Gasteiger partial charge in [-0.25, -0.2) is 10.0 Å². The summed E-state index contributed by atoms with van der Waals surface area (Å²) in [7, 11) is 0. The van der Waals surface area contributed by atoms with Crippen LogP contribution >= 0.6 is 0 Å². The molecule has 0 aromatic carbocycles. The van der Waals surface area contributed by atoms with Crippen LogP contribution in [0.3, 0.4) is 0 Å². The van der Waals surface area contributed by atoms with Crippen molar-refractivity contribution in [2.75, 3.05) is 19.6 Å². The third-order valence-corrected chi connectivity index (χ3v) is 6.27. The molecule has 0 spiro atoms. The number of carbonyl (C=O) groups is 10. The van der Waals surface area contributed by atoms with Crippen molar-refractivity contribution in [3.05, 3.63) is 24.3 Å². The molecule has 17 heteroatoms. The molecule has 1 atom stereocenters. The number of hydrogen-bond acceptors (Lipinski definition) is 10. The standard InChI is InChI=1S/C24H25N5O12/c30-15-1-2-16(31)25(15)10-7-19(34)27(12-9-23(38)39)29(22(37)8-11-26-17(32)3-4-18(26)33)14(13-24(40)41)28-20(35)5-6-21(28)36/h1-4,14H,5-13H2,(H,38,39)(H,40,41). The van der Waals surface area contributed by atoms with E-state index in [0.717, 1.165) is 24.3 Å². The highest BCUT2D eigenvalue weighted by molar-refractivity contribution is 6.13. The Kier molecular flexibility index (Phi) is 9.43. The Labute approximate surface area is 231 Å². The van der Waals surface area contributed by atoms with Crippen LogP contribution in [0.1, 0.15) is 38.5 Å². The number of hydrazine groups is 1. The van der Waals surface area contributed by atoms with Gasteiger partial charge in [0.1, 0.15) is 6.17 Å². The maximum absolute atomic E-state index is 13.6. The highest BCUT2D eigenvalue weighted by atomic mass is 16.4. The van der Waals surface area contributed by atoms with Gasteiger partial charge in [0.05, 0.1) is 19.4 Å². The summed E-state index contributed by atoms with van der Waals surface area (Å²) in [5.41, 5.74) is 0. The Morgan fingerprint density at radius 1 is 0.683 bits per heavy atom. The second-order valence-electron chi connectivity index (χ2n) is 8.96. The Balaban J connectivity index is 1.99. The molecule has 1 saturated heterocycles. The summed E-state index contributed by atoms with van der Waals surface area (Å²) in [6.07, 6.45) is -1.86. The van der Waals surface area contributed by atoms with Gasteiger partial charge in [0.15, 0.2) is 0 Å². The maximum atomic E-state index is 13.6. The van der Waals surface area contributed by atoms with Crippen LogP contribution in [0.15, 0.2) is 24.3 Å². The van der Waals surface area contributed by atoms with Gasteiger partial charge in [0.2, 0.25) is 23.6 Å². The first-order valence-electron chi connectivity index (χ1n) is 12.3. The average Bonchev–Trinajstić information content (AvgIpc) is 3.52. The minimum absolute atomic E-state index is 0.311. The molecule has 218 valence electrons. The molecule has 2 N–H and O–H groups in total. The smallest absolute Gasteiger partial charge is 0.307 e. The first-order valence-corrected chi connectivity index (χ1v) is 12.3. The van der Waals surface area contributed by atoms with E-state index < -0.39 is 111 Å². The molecule has 0 aromatic heterocycles. The number of carbonyl (C=O) groups excluding carboxylic acids is 8. The van der Waals surface area contributed by atoms with E-state index in [1.807, 2.05) is 0 Å². The lowest BCUT2D eigenvalue weighted by molar-refractivity contribution is -0.185. The molecular formula is C24H25N5O12. The van der Waals surface area contributed by atoms with E-state index in [4.69, 9.17) is 0 Å². The van der Waals surface area contributed by atoms with Gasteiger partial charge in [0, 0.05) is 63.1 Å². The number of likely N-dealkylation sites (tertiary alicyclic amines) is 1. The second-order valence-corrected chi connectivity index (χ2v) is 8.96. The molecule has 41 heavy (non-hydrogen) atoms. The number of hydrogen-bond donors (Lipinski definition) is 2. The molecule has 17 nitrogen and oxygen atoms in total. The molecule has 0 aromatic rings. The van der Waals surface area contributed by atoms with Crippen LogP contribution < -0.4 is 0 Å². The van der Waals surface area contributed by atoms with Crippen molar-refractivity contribution in [2.24, 2.45) is 0 Å². The highest BCUT2D eigenvalue weighted by Gasteiger charge is 2.44. The highest BCUT2D eigenvalue weighted by Crippen LogP contribution is 2.24. The molecule has 3 rings (SSSR count). The molecule has 0 radical (unpaired) electrons. The lowest BCUT2D eigenvalue weighted by Gasteiger charge is -2.42. The van der Waals surface area contributed by atoms with Gasteiger partial charge >= 0.3 is 11.9 Å². The van der Waals surface area contributed by atoms with Gasteiger partial charge in [-0.05, 0) is 0 Å². The number of aliphatic carboxylic acids is 2. The molecule has 3 heterocycles. The van der Waals surface area contributed by atoms with Crippen molar-refractivity contribution in [3.8, 4) is 0 Å². The third-order valence-electron chi connectivity index (χ3n) is 6.27. The summed E-state index contributed by atoms with van der Waals surface area (Å²) in [6.45, 7) is -1.75. The zero-order valence-electron chi connectivity index (χ0n) is 21.5. The van der Waals surface area contributed by atoms with Crippen molar-refractivity contribution in [3.63, 3.8) is 0 Å². The van der Waals surface area contributed by atoms with E-state index in [1.165, 1.54) is 0 Å². The fourth-order valence-electron chi connectivity index (χ4n) is 4.35. The topological polar surface area (TPSA) is 227 Å². The molecule has 0 bridgehead atoms. The van der Waals surface area contributed by atoms with E-state index in [-0.39, 0.29) is 12.8 Å². The van der Waals surface area contributed by atoms with Crippen LogP contribution in [-0.2, 0) is 47.9 Å². The second kappa shape index (κ2) is 12.8. The summed E-state index contributed by atoms with van der Waals surface area (Å²) in [5.74, 6) is -9.80. The molecule has 3 aliphatic heterocycles. The SMILES string of the molecule is O=C(O)CCN(C(=O)CCN1C(=O)C=CC1=O)N(C(=O)CCN1C(=O)C=CC1=O)C(CC(=O)O)N1C(=O)CCC1=O. The van der Waals surface area contributed by atoms with Crippen LogP contribution in [0.4, 0.5) is 0 Å². The van der Waals surface area contributed by atoms with E-state index in [2.05, 4.69) is 0 Å². The largest absolute Gasteiger partial charge is 0.481 e. The van der Waals surface area contributed by atoms with Crippen LogP contribution in [0.5, 0.6) is 0 Å². The zero-order valence-corrected chi connectivity index (χ0v) is 21.5. The minimum Gasteiger partial charge on any atom is -0.481 e. The lowest BCUT2D eigenvalue weighted by atomic mass is 10.2. The first-order chi connectivity index (χ1) is 19.3. The Bertz CT molecular complexity index is 1240. The monoisotopic (exact) mass is 575 g/mol. The van der Waals surface area contributed by atoms with Crippen molar-refractivity contribution < 1.29 is 58.2 Å². The summed E-state index contributed by atoms with van der Waals surface area (Å²) < 4.78 is 0. The van der Waals surface area contributed by atoms with Gasteiger partial charge in [0.25, 0.3) is 23.6 Å². The molecule has 3 aliphatic rings. The quantitative estimate of drug-likeness (QED) is 0.173. The van der Waals surface area contributed by atoms with Crippen LogP contribution in [0.25, 0.3) is 0 Å². The molecule has 0 saturated carbocycles. The number of carboxylic acid groups (broad SMARTS) is 2. The minimum atomic E-state index is -1.92. The van der Waals surface area contributed by atoms with Crippen LogP contribution in [-0.4, -0.2) is 120 Å². The Morgan fingerprint density at radius 3 is 1.54 bits per heavy atom. The average molecular weight is 575 g/mol. The van der Waals surface area contributed by atoms with Crippen molar-refractivity contribution in [2.45, 2.75) is 44.7 Å². The predicted molar refractivity (Wildman–Crippen MR) is 129 cm³/mol. The van der Waals surface area contributed by atoms with E-state index in [9.17, 15) is 58.2 Å². The van der Waals surface area contributed by atoms with Crippen molar-refractivity contribution >= 4 is 59.2 Å². The summed E-state index contributed by atoms with van der Waals surface area (Å²) in [5, 5.41) is 19.9. The first kappa shape index (κ1) is 30.3. The Morgan fingerprint density at radius 2 is 1.12 bits per heavy atom. The molecule has 0 aliphatic carbocycles. The molecule has 8 amide bonds. The van der Waals surface area contributed by atoms with E-state index in [0.29, 0.717) is 24.7 Å². The van der Waals surface area contributed by atoms with Crippen molar-refractivity contribution in [1.29, 1.82) is 0 Å². The lowest BCUT2D eigenvalue weighted by Crippen LogP contribution is -2.62. The summed E-state index contributed by atoms with van der Waals surface area (Å²) in [4.78, 5) is 125. The Hall–Kier alpha value is -5.22. The number of amides is 8. The van der Waals surface area contributed by atoms with Gasteiger partial charge in [-0.1, -0.05) is 0 Å². The molecular weight excluding hydrogens is 550 g/mol. The molecule has 1 unspecified atom stereocenters. The fourth-order valence-corrected chi connectivity index (χ4v) is 4.35. The van der Waals surface area contributed by atoms with Gasteiger partial charge in [-0.2, -0.15) is 0 Å². The van der Waals surface area contributed by atoms with Crippen LogP contribution in [0.2, 0.25) is 0 Å². The van der Waals surface area contributed by atoms with E-state index >= 15 is 0 Å². The number of carboxylic acids is 2. The van der Waals surface area contributed by atoms with Gasteiger partial charge in [-0.15, -0.1) is 0 Å². The molecule has 1 fully saturated rings. The maximum Gasteiger partial charge on any atom is 0.307 e. The summed E-state index contributed by atoms with van der Waals surface area (Å²) in [6, 6.07) is 0. The number of nitrogens with zero attached hydrogens (tertiary/aromatic N) is 5. The van der Waals surface area contributed by atoms with Crippen LogP contribution in [0, 0.1) is 0 Å². The van der Waals surface area contributed by atoms with Gasteiger partial charge in [-0.3, -0.25) is 62.6 Å². The summed E-state index contributed by atoms with van der Waals surface area (Å²) >= 11 is 0. The zero-order chi connectivity index (χ0) is 30.4. The van der Waals surface area contributed by atoms with Gasteiger partial charge < -0.3 is 10.2 Å². The predicted octanol–water partition coefficient (Wildman–Crippen LogP) is -2.39. The van der Waals surface area contributed by atoms with E-state index in [1.54, 1.807) is 0 Å². The normalized spacial score (nSPS) is 17.2. The third kappa shape index (κ3) is 7.06. The fraction of sp³-hybridized carbons (Fsp3) is 0.417. The van der Waals surface area contributed by atoms with Crippen molar-refractivity contribution in [1.82, 2.24) is 24.7 Å². The number of imide groups is 3.